The van der Waals surface area contributed by atoms with E-state index in [0.717, 1.165) is 22.2 Å². The molecule has 0 bridgehead atoms. The Labute approximate surface area is 227 Å². The van der Waals surface area contributed by atoms with Gasteiger partial charge in [0.15, 0.2) is 0 Å². The van der Waals surface area contributed by atoms with Crippen LogP contribution in [0.1, 0.15) is 21.5 Å². The van der Waals surface area contributed by atoms with Crippen molar-refractivity contribution in [1.29, 1.82) is 0 Å². The van der Waals surface area contributed by atoms with E-state index in [4.69, 9.17) is 16.0 Å². The molecule has 4 aromatic rings. The fourth-order valence-electron chi connectivity index (χ4n) is 4.94. The van der Waals surface area contributed by atoms with Crippen LogP contribution >= 0.6 is 11.6 Å². The molecule has 0 spiro atoms. The van der Waals surface area contributed by atoms with Gasteiger partial charge in [-0.1, -0.05) is 47.5 Å². The van der Waals surface area contributed by atoms with Gasteiger partial charge < -0.3 is 19.9 Å². The number of nitrogens with one attached hydrogen (secondary N) is 1. The fourth-order valence-corrected chi connectivity index (χ4v) is 5.11. The first-order valence-corrected chi connectivity index (χ1v) is 12.5. The second kappa shape index (κ2) is 9.45. The van der Waals surface area contributed by atoms with Crippen LogP contribution < -0.4 is 10.7 Å². The summed E-state index contributed by atoms with van der Waals surface area (Å²) in [5, 5.41) is 25.8. The highest BCUT2D eigenvalue weighted by molar-refractivity contribution is 6.31. The third-order valence-electron chi connectivity index (χ3n) is 6.78. The molecule has 1 aliphatic carbocycles. The number of carboxylic acids is 1. The summed E-state index contributed by atoms with van der Waals surface area (Å²) in [5.74, 6) is -0.887. The molecule has 0 saturated heterocycles. The van der Waals surface area contributed by atoms with Crippen molar-refractivity contribution >= 4 is 45.1 Å². The van der Waals surface area contributed by atoms with E-state index in [1.54, 1.807) is 36.5 Å². The number of benzene rings is 4. The predicted molar refractivity (Wildman–Crippen MR) is 152 cm³/mol. The molecule has 1 aromatic heterocycles. The number of anilines is 1. The number of aryl methyl sites for hydroxylation is 1. The lowest BCUT2D eigenvalue weighted by molar-refractivity contribution is 0.0697. The monoisotopic (exact) mass is 536 g/mol. The number of pyridine rings is 1. The van der Waals surface area contributed by atoms with Crippen molar-refractivity contribution in [3.05, 3.63) is 111 Å². The number of carboxylic acid groups (broad SMARTS) is 1. The molecular formula is C31H21ClN2O5. The molecule has 3 N–H and O–H groups in total. The second-order valence-corrected chi connectivity index (χ2v) is 9.69. The Kier molecular flexibility index (Phi) is 5.93. The van der Waals surface area contributed by atoms with E-state index in [1.807, 2.05) is 37.3 Å². The molecule has 2 heterocycles. The first-order valence-electron chi connectivity index (χ1n) is 12.1. The van der Waals surface area contributed by atoms with Crippen molar-refractivity contribution in [3.63, 3.8) is 0 Å². The maximum absolute atomic E-state index is 12.5. The number of rotatable bonds is 5. The molecule has 0 unspecified atom stereocenters. The van der Waals surface area contributed by atoms with Crippen LogP contribution in [0, 0.1) is 6.92 Å². The maximum Gasteiger partial charge on any atom is 0.336 e. The molecular weight excluding hydrogens is 516 g/mol. The van der Waals surface area contributed by atoms with E-state index in [1.165, 1.54) is 12.1 Å². The van der Waals surface area contributed by atoms with E-state index < -0.39 is 11.4 Å². The molecule has 7 nitrogen and oxygen atoms in total. The lowest BCUT2D eigenvalue weighted by atomic mass is 9.89. The Balaban J connectivity index is 1.62. The van der Waals surface area contributed by atoms with Gasteiger partial charge in [-0.05, 0) is 48.9 Å². The number of halogens is 1. The summed E-state index contributed by atoms with van der Waals surface area (Å²) >= 11 is 6.23. The van der Waals surface area contributed by atoms with Crippen molar-refractivity contribution in [2.45, 2.75) is 13.5 Å². The molecule has 39 heavy (non-hydrogen) atoms. The number of aromatic carboxylic acids is 1. The van der Waals surface area contributed by atoms with Crippen molar-refractivity contribution in [2.24, 2.45) is 0 Å². The number of hydrogen-bond donors (Lipinski definition) is 3. The number of phenols is 1. The van der Waals surface area contributed by atoms with Crippen LogP contribution in [-0.2, 0) is 6.54 Å². The lowest BCUT2D eigenvalue weighted by Crippen LogP contribution is -2.06. The summed E-state index contributed by atoms with van der Waals surface area (Å²) in [6, 6.07) is 20.7. The van der Waals surface area contributed by atoms with Gasteiger partial charge in [0.25, 0.3) is 0 Å². The zero-order valence-corrected chi connectivity index (χ0v) is 21.4. The second-order valence-electron chi connectivity index (χ2n) is 9.28. The van der Waals surface area contributed by atoms with E-state index in [9.17, 15) is 19.8 Å². The van der Waals surface area contributed by atoms with E-state index in [0.29, 0.717) is 33.2 Å². The van der Waals surface area contributed by atoms with Gasteiger partial charge in [0.2, 0.25) is 5.43 Å². The standard InChI is InChI=1S/C31H21ClN2O5/c1-16-7-8-18(31(37)38)20(12-16)28-19-9-10-25(35)22(30(19)39-27-14-26(36)23(32)13-21(27)28)15-34-24-6-2-4-17-5-3-11-33-29(17)24/h2-14,34-35H,15H2,1H3,(H,37,38). The van der Waals surface area contributed by atoms with Crippen molar-refractivity contribution in [2.75, 3.05) is 5.32 Å². The number of aromatic hydroxyl groups is 1. The van der Waals surface area contributed by atoms with Gasteiger partial charge in [-0.25, -0.2) is 4.79 Å². The zero-order valence-electron chi connectivity index (χ0n) is 20.7. The topological polar surface area (TPSA) is 113 Å². The highest BCUT2D eigenvalue weighted by Gasteiger charge is 2.25. The minimum atomic E-state index is -1.09. The Morgan fingerprint density at radius 1 is 1.03 bits per heavy atom. The number of hydrogen-bond acceptors (Lipinski definition) is 6. The molecule has 0 fully saturated rings. The van der Waals surface area contributed by atoms with Crippen LogP contribution in [0.3, 0.4) is 0 Å². The molecule has 0 radical (unpaired) electrons. The third-order valence-corrected chi connectivity index (χ3v) is 7.08. The van der Waals surface area contributed by atoms with Crippen LogP contribution in [0.2, 0.25) is 5.02 Å². The first kappa shape index (κ1) is 24.5. The fraction of sp³-hybridized carbons (Fsp3) is 0.0645. The number of fused-ring (bicyclic) bond motifs is 3. The Bertz CT molecular complexity index is 1960. The summed E-state index contributed by atoms with van der Waals surface area (Å²) in [5.41, 5.74) is 4.30. The number of para-hydroxylation sites is 1. The van der Waals surface area contributed by atoms with Gasteiger partial charge in [0.1, 0.15) is 17.1 Å². The normalized spacial score (nSPS) is 11.3. The van der Waals surface area contributed by atoms with Crippen LogP contribution in [0.5, 0.6) is 5.75 Å². The summed E-state index contributed by atoms with van der Waals surface area (Å²) < 4.78 is 6.24. The Hall–Kier alpha value is -4.88. The summed E-state index contributed by atoms with van der Waals surface area (Å²) in [7, 11) is 0. The largest absolute Gasteiger partial charge is 0.507 e. The van der Waals surface area contributed by atoms with Crippen LogP contribution in [0.15, 0.2) is 88.2 Å². The quantitative estimate of drug-likeness (QED) is 0.201. The number of carbonyl (C=O) groups is 1. The van der Waals surface area contributed by atoms with Crippen molar-refractivity contribution < 1.29 is 19.4 Å². The SMILES string of the molecule is Cc1ccc(C(=O)O)c(-c2c3cc(Cl)c(=O)cc-3oc3c(CNc4cccc5cccnc45)c(O)ccc23)c1. The minimum Gasteiger partial charge on any atom is -0.507 e. The number of phenolic OH excluding ortho intramolecular Hbond substituents is 1. The van der Waals surface area contributed by atoms with Gasteiger partial charge in [0, 0.05) is 40.7 Å². The van der Waals surface area contributed by atoms with E-state index in [-0.39, 0.29) is 28.6 Å². The number of aromatic nitrogens is 1. The highest BCUT2D eigenvalue weighted by atomic mass is 35.5. The lowest BCUT2D eigenvalue weighted by Gasteiger charge is -2.20. The Morgan fingerprint density at radius 3 is 2.67 bits per heavy atom. The Morgan fingerprint density at radius 2 is 1.85 bits per heavy atom. The van der Waals surface area contributed by atoms with Gasteiger partial charge in [-0.2, -0.15) is 0 Å². The summed E-state index contributed by atoms with van der Waals surface area (Å²) in [6.07, 6.45) is 1.71. The average Bonchev–Trinajstić information content (AvgIpc) is 2.92. The summed E-state index contributed by atoms with van der Waals surface area (Å²) in [4.78, 5) is 29.2. The summed E-state index contributed by atoms with van der Waals surface area (Å²) in [6.45, 7) is 2.04. The highest BCUT2D eigenvalue weighted by Crippen LogP contribution is 2.44. The molecule has 6 rings (SSSR count). The molecule has 8 heteroatoms. The molecule has 3 aromatic carbocycles. The van der Waals surface area contributed by atoms with Crippen LogP contribution in [0.25, 0.3) is 44.3 Å². The molecule has 1 aliphatic heterocycles. The zero-order chi connectivity index (χ0) is 27.3. The molecule has 0 atom stereocenters. The predicted octanol–water partition coefficient (Wildman–Crippen LogP) is 7.09. The smallest absolute Gasteiger partial charge is 0.336 e. The van der Waals surface area contributed by atoms with Crippen molar-refractivity contribution in [3.8, 4) is 28.2 Å². The van der Waals surface area contributed by atoms with Crippen LogP contribution in [-0.4, -0.2) is 21.2 Å². The van der Waals surface area contributed by atoms with Gasteiger partial charge in [-0.15, -0.1) is 0 Å². The van der Waals surface area contributed by atoms with Gasteiger partial charge >= 0.3 is 5.97 Å². The molecule has 0 saturated carbocycles. The first-order chi connectivity index (χ1) is 18.8. The van der Waals surface area contributed by atoms with Gasteiger partial charge in [0.05, 0.1) is 27.4 Å². The van der Waals surface area contributed by atoms with E-state index >= 15 is 0 Å². The average molecular weight is 537 g/mol. The molecule has 2 aliphatic rings. The minimum absolute atomic E-state index is 0.00745. The third kappa shape index (κ3) is 4.23. The van der Waals surface area contributed by atoms with E-state index in [2.05, 4.69) is 10.3 Å². The van der Waals surface area contributed by atoms with Crippen LogP contribution in [0.4, 0.5) is 5.69 Å². The van der Waals surface area contributed by atoms with Gasteiger partial charge in [-0.3, -0.25) is 9.78 Å². The number of nitrogens with zero attached hydrogens (tertiary/aromatic N) is 1. The molecule has 192 valence electrons. The van der Waals surface area contributed by atoms with Crippen molar-refractivity contribution in [1.82, 2.24) is 4.98 Å². The molecule has 0 amide bonds. The maximum atomic E-state index is 12.5.